The van der Waals surface area contributed by atoms with Crippen LogP contribution in [0.5, 0.6) is 11.5 Å². The molecule has 0 aromatic heterocycles. The maximum absolute atomic E-state index is 13.4. The molecule has 32 heavy (non-hydrogen) atoms. The van der Waals surface area contributed by atoms with E-state index < -0.39 is 0 Å². The van der Waals surface area contributed by atoms with Gasteiger partial charge in [-0.3, -0.25) is 14.5 Å². The molecule has 0 saturated heterocycles. The lowest BCUT2D eigenvalue weighted by atomic mass is 10.0. The Morgan fingerprint density at radius 1 is 0.844 bits per heavy atom. The Hall–Kier alpha value is -4.06. The van der Waals surface area contributed by atoms with Crippen LogP contribution < -0.4 is 14.8 Å². The van der Waals surface area contributed by atoms with Gasteiger partial charge in [-0.15, -0.1) is 0 Å². The summed E-state index contributed by atoms with van der Waals surface area (Å²) in [7, 11) is 1.56. The monoisotopic (exact) mass is 428 g/mol. The van der Waals surface area contributed by atoms with Crippen LogP contribution >= 0.6 is 0 Å². The number of rotatable bonds is 8. The number of carbonyl (C=O) groups is 2. The lowest BCUT2D eigenvalue weighted by molar-refractivity contribution is -0.137. The Bertz CT molecular complexity index is 1150. The van der Waals surface area contributed by atoms with Crippen LogP contribution in [-0.4, -0.2) is 30.4 Å². The summed E-state index contributed by atoms with van der Waals surface area (Å²) in [4.78, 5) is 28.1. The van der Waals surface area contributed by atoms with Crippen LogP contribution in [-0.2, 0) is 16.1 Å². The number of methoxy groups -OCH3 is 1. The Kier molecular flexibility index (Phi) is 6.22. The van der Waals surface area contributed by atoms with Crippen molar-refractivity contribution in [3.8, 4) is 11.5 Å². The molecule has 1 aliphatic rings. The first-order chi connectivity index (χ1) is 15.6. The smallest absolute Gasteiger partial charge is 0.278 e. The average Bonchev–Trinajstić information content (AvgIpc) is 3.05. The van der Waals surface area contributed by atoms with E-state index in [-0.39, 0.29) is 24.1 Å². The fourth-order valence-corrected chi connectivity index (χ4v) is 3.64. The molecule has 0 radical (unpaired) electrons. The van der Waals surface area contributed by atoms with Gasteiger partial charge in [-0.05, 0) is 42.3 Å². The maximum Gasteiger partial charge on any atom is 0.278 e. The number of amides is 2. The van der Waals surface area contributed by atoms with E-state index in [0.717, 1.165) is 5.56 Å². The molecule has 3 aromatic carbocycles. The van der Waals surface area contributed by atoms with Crippen LogP contribution in [0.1, 0.15) is 18.1 Å². The number of nitrogens with zero attached hydrogens (tertiary/aromatic N) is 1. The molecule has 2 amide bonds. The van der Waals surface area contributed by atoms with Gasteiger partial charge in [-0.2, -0.15) is 0 Å². The number of imide groups is 1. The lowest BCUT2D eigenvalue weighted by Crippen LogP contribution is -2.32. The van der Waals surface area contributed by atoms with Gasteiger partial charge >= 0.3 is 0 Å². The average molecular weight is 428 g/mol. The molecular formula is C26H24N2O4. The van der Waals surface area contributed by atoms with E-state index in [9.17, 15) is 9.59 Å². The Morgan fingerprint density at radius 3 is 2.22 bits per heavy atom. The highest BCUT2D eigenvalue weighted by Gasteiger charge is 2.39. The van der Waals surface area contributed by atoms with Gasteiger partial charge in [0.25, 0.3) is 11.8 Å². The van der Waals surface area contributed by atoms with Crippen LogP contribution in [0.15, 0.2) is 84.6 Å². The highest BCUT2D eigenvalue weighted by molar-refractivity contribution is 6.36. The van der Waals surface area contributed by atoms with Crippen LogP contribution in [0, 0.1) is 0 Å². The van der Waals surface area contributed by atoms with Crippen LogP contribution in [0.25, 0.3) is 5.57 Å². The van der Waals surface area contributed by atoms with E-state index in [1.807, 2.05) is 49.4 Å². The summed E-state index contributed by atoms with van der Waals surface area (Å²) in [5.41, 5.74) is 2.66. The zero-order valence-electron chi connectivity index (χ0n) is 18.0. The van der Waals surface area contributed by atoms with Crippen molar-refractivity contribution >= 4 is 23.1 Å². The summed E-state index contributed by atoms with van der Waals surface area (Å²) in [5, 5.41) is 3.16. The maximum atomic E-state index is 13.4. The molecule has 0 atom stereocenters. The molecule has 6 nitrogen and oxygen atoms in total. The predicted octanol–water partition coefficient (Wildman–Crippen LogP) is 4.49. The largest absolute Gasteiger partial charge is 0.495 e. The van der Waals surface area contributed by atoms with E-state index >= 15 is 0 Å². The number of benzene rings is 3. The topological polar surface area (TPSA) is 67.9 Å². The molecule has 0 spiro atoms. The summed E-state index contributed by atoms with van der Waals surface area (Å²) in [6.07, 6.45) is 0. The first kappa shape index (κ1) is 21.2. The van der Waals surface area contributed by atoms with E-state index in [1.54, 1.807) is 43.5 Å². The summed E-state index contributed by atoms with van der Waals surface area (Å²) in [6, 6.07) is 23.9. The zero-order valence-corrected chi connectivity index (χ0v) is 18.0. The standard InChI is InChI=1S/C26H24N2O4/c1-3-32-20-15-13-19(14-16-20)23-24(27-21-11-7-8-12-22(21)31-2)26(30)28(25(23)29)17-18-9-5-4-6-10-18/h4-16,27H,3,17H2,1-2H3. The van der Waals surface area contributed by atoms with Crippen molar-refractivity contribution in [2.75, 3.05) is 19.0 Å². The normalized spacial score (nSPS) is 13.5. The molecule has 0 aliphatic carbocycles. The molecule has 0 bridgehead atoms. The number of nitrogens with one attached hydrogen (secondary N) is 1. The third-order valence-electron chi connectivity index (χ3n) is 5.17. The molecule has 3 aromatic rings. The molecule has 1 N–H and O–H groups in total. The van der Waals surface area contributed by atoms with Crippen molar-refractivity contribution in [2.45, 2.75) is 13.5 Å². The molecule has 6 heteroatoms. The van der Waals surface area contributed by atoms with Gasteiger partial charge in [0.05, 0.1) is 31.5 Å². The minimum atomic E-state index is -0.381. The number of anilines is 1. The molecule has 0 saturated carbocycles. The Labute approximate surface area is 187 Å². The van der Waals surface area contributed by atoms with Gasteiger partial charge in [0.15, 0.2) is 0 Å². The highest BCUT2D eigenvalue weighted by Crippen LogP contribution is 2.34. The molecule has 1 aliphatic heterocycles. The first-order valence-corrected chi connectivity index (χ1v) is 10.4. The van der Waals surface area contributed by atoms with Crippen molar-refractivity contribution in [2.24, 2.45) is 0 Å². The number of carbonyl (C=O) groups excluding carboxylic acids is 2. The van der Waals surface area contributed by atoms with Crippen molar-refractivity contribution < 1.29 is 19.1 Å². The number of para-hydroxylation sites is 2. The zero-order chi connectivity index (χ0) is 22.5. The minimum Gasteiger partial charge on any atom is -0.495 e. The fraction of sp³-hybridized carbons (Fsp3) is 0.154. The predicted molar refractivity (Wildman–Crippen MR) is 123 cm³/mol. The fourth-order valence-electron chi connectivity index (χ4n) is 3.64. The number of hydrogen-bond acceptors (Lipinski definition) is 5. The summed E-state index contributed by atoms with van der Waals surface area (Å²) in [5.74, 6) is 0.552. The molecule has 4 rings (SSSR count). The number of ether oxygens (including phenoxy) is 2. The summed E-state index contributed by atoms with van der Waals surface area (Å²) in [6.45, 7) is 2.65. The third kappa shape index (κ3) is 4.21. The Balaban J connectivity index is 1.75. The van der Waals surface area contributed by atoms with Crippen LogP contribution in [0.3, 0.4) is 0 Å². The minimum absolute atomic E-state index is 0.191. The van der Waals surface area contributed by atoms with Crippen LogP contribution in [0.4, 0.5) is 5.69 Å². The second-order valence-electron chi connectivity index (χ2n) is 7.21. The van der Waals surface area contributed by atoms with Crippen molar-refractivity contribution in [1.29, 1.82) is 0 Å². The van der Waals surface area contributed by atoms with Crippen molar-refractivity contribution in [3.63, 3.8) is 0 Å². The lowest BCUT2D eigenvalue weighted by Gasteiger charge is -2.16. The van der Waals surface area contributed by atoms with Gasteiger partial charge in [0.1, 0.15) is 17.2 Å². The second-order valence-corrected chi connectivity index (χ2v) is 7.21. The first-order valence-electron chi connectivity index (χ1n) is 10.4. The quantitative estimate of drug-likeness (QED) is 0.536. The van der Waals surface area contributed by atoms with Gasteiger partial charge in [-0.1, -0.05) is 54.6 Å². The molecule has 162 valence electrons. The van der Waals surface area contributed by atoms with E-state index in [4.69, 9.17) is 9.47 Å². The van der Waals surface area contributed by atoms with E-state index in [1.165, 1.54) is 4.90 Å². The highest BCUT2D eigenvalue weighted by atomic mass is 16.5. The third-order valence-corrected chi connectivity index (χ3v) is 5.17. The Morgan fingerprint density at radius 2 is 1.53 bits per heavy atom. The van der Waals surface area contributed by atoms with E-state index in [0.29, 0.717) is 34.9 Å². The van der Waals surface area contributed by atoms with Crippen molar-refractivity contribution in [1.82, 2.24) is 4.90 Å². The molecule has 1 heterocycles. The van der Waals surface area contributed by atoms with Crippen molar-refractivity contribution in [3.05, 3.63) is 95.7 Å². The molecular weight excluding hydrogens is 404 g/mol. The molecule has 0 unspecified atom stereocenters. The second kappa shape index (κ2) is 9.39. The summed E-state index contributed by atoms with van der Waals surface area (Å²) >= 11 is 0. The molecule has 0 fully saturated rings. The van der Waals surface area contributed by atoms with Gasteiger partial charge in [-0.25, -0.2) is 0 Å². The summed E-state index contributed by atoms with van der Waals surface area (Å²) < 4.78 is 10.9. The van der Waals surface area contributed by atoms with Gasteiger partial charge in [0.2, 0.25) is 0 Å². The number of hydrogen-bond donors (Lipinski definition) is 1. The van der Waals surface area contributed by atoms with Gasteiger partial charge in [0, 0.05) is 0 Å². The van der Waals surface area contributed by atoms with Gasteiger partial charge < -0.3 is 14.8 Å². The van der Waals surface area contributed by atoms with Crippen LogP contribution in [0.2, 0.25) is 0 Å². The SMILES string of the molecule is CCOc1ccc(C2=C(Nc3ccccc3OC)C(=O)N(Cc3ccccc3)C2=O)cc1. The van der Waals surface area contributed by atoms with E-state index in [2.05, 4.69) is 5.32 Å².